The van der Waals surface area contributed by atoms with E-state index in [0.717, 1.165) is 27.9 Å². The highest BCUT2D eigenvalue weighted by Crippen LogP contribution is 2.21. The number of hydrogen-bond donors (Lipinski definition) is 1. The third-order valence-electron chi connectivity index (χ3n) is 2.67. The van der Waals surface area contributed by atoms with E-state index in [4.69, 9.17) is 4.42 Å². The van der Waals surface area contributed by atoms with E-state index in [1.807, 2.05) is 38.1 Å². The van der Waals surface area contributed by atoms with Crippen molar-refractivity contribution in [1.82, 2.24) is 0 Å². The molecular formula is C14H14BrNO2. The van der Waals surface area contributed by atoms with E-state index in [1.54, 1.807) is 6.07 Å². The lowest BCUT2D eigenvalue weighted by molar-refractivity contribution is 0.0995. The van der Waals surface area contributed by atoms with Gasteiger partial charge in [-0.3, -0.25) is 4.79 Å². The summed E-state index contributed by atoms with van der Waals surface area (Å²) in [4.78, 5) is 12.0. The molecule has 0 atom stereocenters. The molecule has 4 heteroatoms. The molecule has 0 unspecified atom stereocenters. The Morgan fingerprint density at radius 3 is 2.72 bits per heavy atom. The second-order valence-electron chi connectivity index (χ2n) is 4.03. The summed E-state index contributed by atoms with van der Waals surface area (Å²) in [6, 6.07) is 9.23. The van der Waals surface area contributed by atoms with Crippen LogP contribution in [0, 0.1) is 6.92 Å². The fourth-order valence-corrected chi connectivity index (χ4v) is 2.12. The molecule has 0 aliphatic heterocycles. The standard InChI is InChI=1S/C14H14BrNO2/c1-3-11-5-7-13(18-11)14(17)16-12-6-4-10(15)8-9(12)2/h4-8H,3H2,1-2H3,(H,16,17). The van der Waals surface area contributed by atoms with Crippen LogP contribution < -0.4 is 5.32 Å². The lowest BCUT2D eigenvalue weighted by Gasteiger charge is -2.07. The van der Waals surface area contributed by atoms with Crippen LogP contribution in [0.2, 0.25) is 0 Å². The van der Waals surface area contributed by atoms with Gasteiger partial charge in [0.25, 0.3) is 5.91 Å². The van der Waals surface area contributed by atoms with Crippen molar-refractivity contribution in [2.45, 2.75) is 20.3 Å². The molecule has 1 heterocycles. The molecular weight excluding hydrogens is 294 g/mol. The molecule has 0 saturated carbocycles. The SMILES string of the molecule is CCc1ccc(C(=O)Nc2ccc(Br)cc2C)o1. The molecule has 3 nitrogen and oxygen atoms in total. The number of rotatable bonds is 3. The molecule has 0 radical (unpaired) electrons. The number of nitrogens with one attached hydrogen (secondary N) is 1. The van der Waals surface area contributed by atoms with Gasteiger partial charge in [0.2, 0.25) is 0 Å². The smallest absolute Gasteiger partial charge is 0.291 e. The highest BCUT2D eigenvalue weighted by Gasteiger charge is 2.11. The summed E-state index contributed by atoms with van der Waals surface area (Å²) in [5.74, 6) is 0.932. The van der Waals surface area contributed by atoms with Crippen LogP contribution in [0.25, 0.3) is 0 Å². The van der Waals surface area contributed by atoms with Gasteiger partial charge in [0.1, 0.15) is 5.76 Å². The van der Waals surface area contributed by atoms with E-state index in [-0.39, 0.29) is 5.91 Å². The largest absolute Gasteiger partial charge is 0.456 e. The van der Waals surface area contributed by atoms with Crippen LogP contribution in [0.4, 0.5) is 5.69 Å². The maximum atomic E-state index is 12.0. The minimum Gasteiger partial charge on any atom is -0.456 e. The molecule has 0 aliphatic carbocycles. The molecule has 0 saturated heterocycles. The number of carbonyl (C=O) groups excluding carboxylic acids is 1. The van der Waals surface area contributed by atoms with Gasteiger partial charge >= 0.3 is 0 Å². The van der Waals surface area contributed by atoms with Gasteiger partial charge in [-0.1, -0.05) is 22.9 Å². The molecule has 0 spiro atoms. The average molecular weight is 308 g/mol. The Morgan fingerprint density at radius 2 is 2.11 bits per heavy atom. The normalized spacial score (nSPS) is 10.4. The zero-order chi connectivity index (χ0) is 13.1. The number of anilines is 1. The summed E-state index contributed by atoms with van der Waals surface area (Å²) in [6.45, 7) is 3.93. The number of benzene rings is 1. The molecule has 1 aromatic carbocycles. The number of furan rings is 1. The van der Waals surface area contributed by atoms with Crippen LogP contribution >= 0.6 is 15.9 Å². The van der Waals surface area contributed by atoms with Gasteiger partial charge in [0.15, 0.2) is 5.76 Å². The fourth-order valence-electron chi connectivity index (χ4n) is 1.64. The highest BCUT2D eigenvalue weighted by molar-refractivity contribution is 9.10. The summed E-state index contributed by atoms with van der Waals surface area (Å²) in [7, 11) is 0. The molecule has 1 N–H and O–H groups in total. The van der Waals surface area contributed by atoms with Gasteiger partial charge in [0, 0.05) is 16.6 Å². The quantitative estimate of drug-likeness (QED) is 0.925. The molecule has 1 amide bonds. The molecule has 0 bridgehead atoms. The molecule has 18 heavy (non-hydrogen) atoms. The number of hydrogen-bond acceptors (Lipinski definition) is 2. The monoisotopic (exact) mass is 307 g/mol. The van der Waals surface area contributed by atoms with Crippen molar-refractivity contribution in [3.05, 3.63) is 51.9 Å². The Bertz CT molecular complexity index is 575. The minimum absolute atomic E-state index is 0.222. The number of amides is 1. The van der Waals surface area contributed by atoms with Gasteiger partial charge in [-0.25, -0.2) is 0 Å². The Morgan fingerprint density at radius 1 is 1.33 bits per heavy atom. The van der Waals surface area contributed by atoms with Crippen molar-refractivity contribution in [2.24, 2.45) is 0 Å². The van der Waals surface area contributed by atoms with Crippen molar-refractivity contribution in [3.63, 3.8) is 0 Å². The average Bonchev–Trinajstić information content (AvgIpc) is 2.81. The number of carbonyl (C=O) groups is 1. The molecule has 2 aromatic rings. The van der Waals surface area contributed by atoms with E-state index < -0.39 is 0 Å². The Kier molecular flexibility index (Phi) is 3.87. The van der Waals surface area contributed by atoms with E-state index >= 15 is 0 Å². The Hall–Kier alpha value is -1.55. The summed E-state index contributed by atoms with van der Waals surface area (Å²) >= 11 is 3.39. The van der Waals surface area contributed by atoms with Crippen molar-refractivity contribution in [1.29, 1.82) is 0 Å². The topological polar surface area (TPSA) is 42.2 Å². The molecule has 1 aromatic heterocycles. The third kappa shape index (κ3) is 2.82. The fraction of sp³-hybridized carbons (Fsp3) is 0.214. The summed E-state index contributed by atoms with van der Waals surface area (Å²) in [5, 5.41) is 2.84. The van der Waals surface area contributed by atoms with Crippen LogP contribution in [0.3, 0.4) is 0 Å². The number of halogens is 1. The molecule has 2 rings (SSSR count). The Labute approximate surface area is 114 Å². The minimum atomic E-state index is -0.222. The Balaban J connectivity index is 2.16. The predicted octanol–water partition coefficient (Wildman–Crippen LogP) is 4.17. The first-order valence-corrected chi connectivity index (χ1v) is 6.55. The van der Waals surface area contributed by atoms with Gasteiger partial charge in [-0.05, 0) is 42.8 Å². The molecule has 94 valence electrons. The van der Waals surface area contributed by atoms with E-state index in [0.29, 0.717) is 5.76 Å². The van der Waals surface area contributed by atoms with Crippen molar-refractivity contribution in [2.75, 3.05) is 5.32 Å². The van der Waals surface area contributed by atoms with Crippen LogP contribution in [0.1, 0.15) is 28.8 Å². The van der Waals surface area contributed by atoms with Crippen LogP contribution in [0.15, 0.2) is 39.2 Å². The summed E-state index contributed by atoms with van der Waals surface area (Å²) in [5.41, 5.74) is 1.79. The molecule has 0 fully saturated rings. The van der Waals surface area contributed by atoms with Gasteiger partial charge in [0.05, 0.1) is 0 Å². The van der Waals surface area contributed by atoms with Gasteiger partial charge in [-0.15, -0.1) is 0 Å². The lowest BCUT2D eigenvalue weighted by atomic mass is 10.2. The second kappa shape index (κ2) is 5.40. The van der Waals surface area contributed by atoms with E-state index in [2.05, 4.69) is 21.2 Å². The highest BCUT2D eigenvalue weighted by atomic mass is 79.9. The van der Waals surface area contributed by atoms with Gasteiger partial charge < -0.3 is 9.73 Å². The third-order valence-corrected chi connectivity index (χ3v) is 3.16. The first-order chi connectivity index (χ1) is 8.60. The molecule has 0 aliphatic rings. The zero-order valence-corrected chi connectivity index (χ0v) is 11.9. The van der Waals surface area contributed by atoms with Crippen molar-refractivity contribution in [3.8, 4) is 0 Å². The van der Waals surface area contributed by atoms with Crippen LogP contribution in [-0.2, 0) is 6.42 Å². The maximum absolute atomic E-state index is 12.0. The lowest BCUT2D eigenvalue weighted by Crippen LogP contribution is -2.11. The first kappa shape index (κ1) is 12.9. The van der Waals surface area contributed by atoms with Crippen molar-refractivity contribution < 1.29 is 9.21 Å². The predicted molar refractivity (Wildman–Crippen MR) is 74.9 cm³/mol. The van der Waals surface area contributed by atoms with Gasteiger partial charge in [-0.2, -0.15) is 0 Å². The second-order valence-corrected chi connectivity index (χ2v) is 4.95. The summed E-state index contributed by atoms with van der Waals surface area (Å²) in [6.07, 6.45) is 0.782. The van der Waals surface area contributed by atoms with Crippen molar-refractivity contribution >= 4 is 27.5 Å². The number of aryl methyl sites for hydroxylation is 2. The van der Waals surface area contributed by atoms with E-state index in [9.17, 15) is 4.79 Å². The summed E-state index contributed by atoms with van der Waals surface area (Å²) < 4.78 is 6.40. The van der Waals surface area contributed by atoms with E-state index in [1.165, 1.54) is 0 Å². The first-order valence-electron chi connectivity index (χ1n) is 5.76. The van der Waals surface area contributed by atoms with Crippen LogP contribution in [0.5, 0.6) is 0 Å². The zero-order valence-electron chi connectivity index (χ0n) is 10.3. The maximum Gasteiger partial charge on any atom is 0.291 e. The van der Waals surface area contributed by atoms with Crippen LogP contribution in [-0.4, -0.2) is 5.91 Å².